The fourth-order valence-corrected chi connectivity index (χ4v) is 0.407. The number of carbonyl (C=O) groups is 2. The van der Waals surface area contributed by atoms with Crippen molar-refractivity contribution in [3.63, 3.8) is 0 Å². The van der Waals surface area contributed by atoms with Crippen molar-refractivity contribution in [2.45, 2.75) is 0 Å². The Labute approximate surface area is 55.0 Å². The number of amides is 1. The molecule has 0 aromatic heterocycles. The third kappa shape index (κ3) is 1.03. The third-order valence-corrected chi connectivity index (χ3v) is 0.816. The number of Topliss-reactive ketones (excluding diaryl/α,β-unsaturated/α-hetero) is 1. The highest BCUT2D eigenvalue weighted by Gasteiger charge is 2.28. The van der Waals surface area contributed by atoms with Crippen molar-refractivity contribution in [1.82, 2.24) is 10.9 Å². The predicted octanol–water partition coefficient (Wildman–Crippen LogP) is -2.85. The second kappa shape index (κ2) is 2.78. The van der Waals surface area contributed by atoms with E-state index >= 15 is 0 Å². The van der Waals surface area contributed by atoms with Gasteiger partial charge < -0.3 is 10.7 Å². The minimum atomic E-state index is -0.863. The maximum absolute atomic E-state index is 10.4. The molecule has 0 saturated carbocycles. The van der Waals surface area contributed by atoms with E-state index in [1.165, 1.54) is 0 Å². The van der Waals surface area contributed by atoms with Crippen LogP contribution in [0.2, 0.25) is 0 Å². The molecule has 56 valence electrons. The van der Waals surface area contributed by atoms with Crippen LogP contribution in [0, 0.1) is 0 Å². The number of hydrazine groups is 1. The summed E-state index contributed by atoms with van der Waals surface area (Å²) in [5.41, 5.74) is 4.00. The van der Waals surface area contributed by atoms with Crippen LogP contribution in [0.3, 0.4) is 0 Å². The van der Waals surface area contributed by atoms with E-state index in [1.807, 2.05) is 5.43 Å². The summed E-state index contributed by atoms with van der Waals surface area (Å²) >= 11 is 0. The summed E-state index contributed by atoms with van der Waals surface area (Å²) in [6, 6.07) is 0. The molecule has 0 aliphatic carbocycles. The first-order valence-corrected chi connectivity index (χ1v) is 2.08. The average molecular weight is 147 g/mol. The van der Waals surface area contributed by atoms with Crippen molar-refractivity contribution in [1.29, 1.82) is 0 Å². The van der Waals surface area contributed by atoms with Gasteiger partial charge in [0.05, 0.1) is 0 Å². The second-order valence-electron chi connectivity index (χ2n) is 1.36. The monoisotopic (exact) mass is 147 g/mol. The normalized spacial score (nSPS) is 19.8. The molecule has 1 fully saturated rings. The zero-order chi connectivity index (χ0) is 6.85. The molecule has 5 N–H and O–H groups in total. The maximum atomic E-state index is 10.4. The minimum Gasteiger partial charge on any atom is -0.412 e. The Morgan fingerprint density at radius 3 is 2.10 bits per heavy atom. The van der Waals surface area contributed by atoms with Crippen LogP contribution in [0.5, 0.6) is 0 Å². The summed E-state index contributed by atoms with van der Waals surface area (Å²) in [6.07, 6.45) is 0. The fourth-order valence-electron chi connectivity index (χ4n) is 0.407. The van der Waals surface area contributed by atoms with E-state index in [2.05, 4.69) is 10.6 Å². The van der Waals surface area contributed by atoms with Crippen molar-refractivity contribution in [2.24, 2.45) is 5.16 Å². The van der Waals surface area contributed by atoms with Crippen molar-refractivity contribution in [3.8, 4) is 0 Å². The molecular formula is C3H5N3O4. The van der Waals surface area contributed by atoms with Crippen LogP contribution in [0.15, 0.2) is 5.16 Å². The van der Waals surface area contributed by atoms with Gasteiger partial charge in [0.15, 0.2) is 0 Å². The lowest BCUT2D eigenvalue weighted by molar-refractivity contribution is -0.133. The number of nitrogens with one attached hydrogen (secondary N) is 2. The Kier molecular flexibility index (Phi) is 2.33. The quantitative estimate of drug-likeness (QED) is 0.194. The highest BCUT2D eigenvalue weighted by atomic mass is 16.4. The van der Waals surface area contributed by atoms with Gasteiger partial charge in [-0.3, -0.25) is 20.4 Å². The highest BCUT2D eigenvalue weighted by molar-refractivity contribution is 6.66. The molecule has 1 saturated heterocycles. The lowest BCUT2D eigenvalue weighted by Crippen LogP contribution is -2.28. The molecule has 1 amide bonds. The van der Waals surface area contributed by atoms with Crippen LogP contribution >= 0.6 is 0 Å². The standard InChI is InChI=1S/C3H3N3O3.H2O/c7-1-2(6-9)4-5-3(1)8;/h9H,(H2,4,5,6,7,8);1H2. The summed E-state index contributed by atoms with van der Waals surface area (Å²) in [5.74, 6) is -2.06. The van der Waals surface area contributed by atoms with E-state index in [9.17, 15) is 9.59 Å². The van der Waals surface area contributed by atoms with E-state index in [4.69, 9.17) is 5.21 Å². The Bertz CT molecular complexity index is 198. The molecule has 0 bridgehead atoms. The summed E-state index contributed by atoms with van der Waals surface area (Å²) < 4.78 is 0. The van der Waals surface area contributed by atoms with Gasteiger partial charge in [0, 0.05) is 0 Å². The lowest BCUT2D eigenvalue weighted by Gasteiger charge is -1.86. The summed E-state index contributed by atoms with van der Waals surface area (Å²) in [4.78, 5) is 20.6. The molecular weight excluding hydrogens is 142 g/mol. The van der Waals surface area contributed by atoms with Crippen molar-refractivity contribution >= 4 is 17.5 Å². The number of hydrogen-bond donors (Lipinski definition) is 3. The second-order valence-corrected chi connectivity index (χ2v) is 1.36. The average Bonchev–Trinajstić information content (AvgIpc) is 2.15. The van der Waals surface area contributed by atoms with Crippen LogP contribution < -0.4 is 10.9 Å². The molecule has 1 rings (SSSR count). The summed E-state index contributed by atoms with van der Waals surface area (Å²) in [6.45, 7) is 0. The van der Waals surface area contributed by atoms with E-state index < -0.39 is 11.7 Å². The van der Waals surface area contributed by atoms with E-state index in [0.29, 0.717) is 0 Å². The molecule has 10 heavy (non-hydrogen) atoms. The first-order chi connectivity index (χ1) is 4.25. The molecule has 0 atom stereocenters. The van der Waals surface area contributed by atoms with E-state index in [1.54, 1.807) is 0 Å². The Balaban J connectivity index is 0.000000810. The third-order valence-electron chi connectivity index (χ3n) is 0.816. The van der Waals surface area contributed by atoms with Gasteiger partial charge in [-0.05, 0) is 0 Å². The van der Waals surface area contributed by atoms with Gasteiger partial charge in [-0.2, -0.15) is 0 Å². The maximum Gasteiger partial charge on any atom is 0.314 e. The largest absolute Gasteiger partial charge is 0.412 e. The Morgan fingerprint density at radius 1 is 1.30 bits per heavy atom. The highest BCUT2D eigenvalue weighted by Crippen LogP contribution is 1.82. The lowest BCUT2D eigenvalue weighted by atomic mass is 10.4. The number of amidine groups is 1. The Hall–Kier alpha value is -1.63. The molecule has 1 aliphatic rings. The molecule has 0 radical (unpaired) electrons. The van der Waals surface area contributed by atoms with Gasteiger partial charge in [0.25, 0.3) is 5.78 Å². The predicted molar refractivity (Wildman–Crippen MR) is 29.1 cm³/mol. The van der Waals surface area contributed by atoms with E-state index in [-0.39, 0.29) is 11.3 Å². The van der Waals surface area contributed by atoms with Crippen LogP contribution in [0.4, 0.5) is 0 Å². The zero-order valence-electron chi connectivity index (χ0n) is 4.71. The summed E-state index contributed by atoms with van der Waals surface area (Å²) in [7, 11) is 0. The molecule has 0 spiro atoms. The van der Waals surface area contributed by atoms with Gasteiger partial charge in [-0.15, -0.1) is 0 Å². The molecule has 7 nitrogen and oxygen atoms in total. The van der Waals surface area contributed by atoms with Crippen LogP contribution in [0.1, 0.15) is 0 Å². The SMILES string of the molecule is O.O=C1NN/C(=N\O)C1=O. The zero-order valence-corrected chi connectivity index (χ0v) is 4.71. The number of rotatable bonds is 0. The number of oxime groups is 1. The van der Waals surface area contributed by atoms with Gasteiger partial charge >= 0.3 is 5.91 Å². The molecule has 0 aromatic carbocycles. The number of hydrogen-bond acceptors (Lipinski definition) is 4. The summed E-state index contributed by atoms with van der Waals surface area (Å²) in [5, 5.41) is 10.5. The molecule has 7 heteroatoms. The first-order valence-electron chi connectivity index (χ1n) is 2.08. The molecule has 1 aliphatic heterocycles. The smallest absolute Gasteiger partial charge is 0.314 e. The number of ketones is 1. The van der Waals surface area contributed by atoms with Gasteiger partial charge in [0.1, 0.15) is 0 Å². The van der Waals surface area contributed by atoms with Gasteiger partial charge in [-0.25, -0.2) is 0 Å². The van der Waals surface area contributed by atoms with Crippen LogP contribution in [-0.4, -0.2) is 28.2 Å². The number of carbonyl (C=O) groups excluding carboxylic acids is 2. The fraction of sp³-hybridized carbons (Fsp3) is 0. The van der Waals surface area contributed by atoms with Gasteiger partial charge in [0.2, 0.25) is 5.84 Å². The molecule has 0 aromatic rings. The number of nitrogens with zero attached hydrogens (tertiary/aromatic N) is 1. The van der Waals surface area contributed by atoms with Crippen molar-refractivity contribution < 1.29 is 20.3 Å². The molecule has 1 heterocycles. The van der Waals surface area contributed by atoms with E-state index in [0.717, 1.165) is 0 Å². The topological polar surface area (TPSA) is 122 Å². The molecule has 0 unspecified atom stereocenters. The van der Waals surface area contributed by atoms with Crippen LogP contribution in [-0.2, 0) is 9.59 Å². The van der Waals surface area contributed by atoms with Crippen LogP contribution in [0.25, 0.3) is 0 Å². The van der Waals surface area contributed by atoms with Crippen molar-refractivity contribution in [2.75, 3.05) is 0 Å². The minimum absolute atomic E-state index is 0. The van der Waals surface area contributed by atoms with Gasteiger partial charge in [-0.1, -0.05) is 5.16 Å². The Morgan fingerprint density at radius 2 is 1.90 bits per heavy atom. The van der Waals surface area contributed by atoms with Crippen molar-refractivity contribution in [3.05, 3.63) is 0 Å². The first kappa shape index (κ1) is 8.37.